The lowest BCUT2D eigenvalue weighted by molar-refractivity contribution is 0.376. The first kappa shape index (κ1) is 7.91. The zero-order valence-corrected chi connectivity index (χ0v) is 6.47. The fraction of sp³-hybridized carbons (Fsp3) is 0.778. The maximum atomic E-state index is 2.47. The average Bonchev–Trinajstić information content (AvgIpc) is 1.88. The number of hydrogen-bond acceptors (Lipinski definition) is 0. The van der Waals surface area contributed by atoms with Gasteiger partial charge in [0.25, 0.3) is 0 Å². The van der Waals surface area contributed by atoms with Crippen LogP contribution in [0.5, 0.6) is 0 Å². The van der Waals surface area contributed by atoms with Crippen LogP contribution in [0.4, 0.5) is 0 Å². The minimum Gasteiger partial charge on any atom is -0.0853 e. The van der Waals surface area contributed by atoms with Crippen LogP contribution in [0.15, 0.2) is 11.6 Å². The van der Waals surface area contributed by atoms with E-state index in [1.807, 2.05) is 0 Å². The van der Waals surface area contributed by atoms with Crippen LogP contribution in [-0.4, -0.2) is 8.41 Å². The molecular weight excluding hydrogens is 119 g/mol. The van der Waals surface area contributed by atoms with Crippen LogP contribution in [0.2, 0.25) is 0 Å². The van der Waals surface area contributed by atoms with Crippen molar-refractivity contribution in [2.45, 2.75) is 38.5 Å². The highest BCUT2D eigenvalue weighted by molar-refractivity contribution is 5.75. The van der Waals surface area contributed by atoms with Crippen molar-refractivity contribution in [2.24, 2.45) is 5.92 Å². The Labute approximate surface area is 65.3 Å². The lowest BCUT2D eigenvalue weighted by Crippen LogP contribution is -2.11. The molecule has 2 rings (SSSR count). The molecule has 2 aliphatic carbocycles. The summed E-state index contributed by atoms with van der Waals surface area (Å²) in [5, 5.41) is 0. The standard InChI is InChI=1S/C9H14.B/c1-3-8-5-2-6-9(4-1)7-8;/h3,9H,1-2,4-7H2;. The van der Waals surface area contributed by atoms with Crippen molar-refractivity contribution in [3.63, 3.8) is 0 Å². The molecule has 10 heavy (non-hydrogen) atoms. The topological polar surface area (TPSA) is 0 Å². The molecule has 1 fully saturated rings. The van der Waals surface area contributed by atoms with E-state index in [9.17, 15) is 0 Å². The van der Waals surface area contributed by atoms with Gasteiger partial charge < -0.3 is 0 Å². The fourth-order valence-corrected chi connectivity index (χ4v) is 2.15. The zero-order valence-electron chi connectivity index (χ0n) is 6.47. The Hall–Kier alpha value is -0.195. The van der Waals surface area contributed by atoms with Crippen molar-refractivity contribution >= 4 is 8.41 Å². The molecule has 0 saturated heterocycles. The molecule has 0 spiro atoms. The summed E-state index contributed by atoms with van der Waals surface area (Å²) in [6.07, 6.45) is 11.2. The second-order valence-electron chi connectivity index (χ2n) is 3.40. The highest BCUT2D eigenvalue weighted by Crippen LogP contribution is 2.35. The predicted molar refractivity (Wildman–Crippen MR) is 45.0 cm³/mol. The lowest BCUT2D eigenvalue weighted by Gasteiger charge is -2.27. The van der Waals surface area contributed by atoms with Crippen molar-refractivity contribution in [3.05, 3.63) is 11.6 Å². The first-order valence-corrected chi connectivity index (χ1v) is 4.13. The molecule has 0 aromatic rings. The van der Waals surface area contributed by atoms with E-state index in [1.54, 1.807) is 5.57 Å². The molecule has 1 atom stereocenters. The first-order valence-electron chi connectivity index (χ1n) is 4.13. The summed E-state index contributed by atoms with van der Waals surface area (Å²) in [4.78, 5) is 0. The van der Waals surface area contributed by atoms with Gasteiger partial charge in [0.1, 0.15) is 0 Å². The van der Waals surface area contributed by atoms with Gasteiger partial charge in [-0.05, 0) is 44.4 Å². The summed E-state index contributed by atoms with van der Waals surface area (Å²) < 4.78 is 0. The van der Waals surface area contributed by atoms with Gasteiger partial charge in [0.05, 0.1) is 0 Å². The predicted octanol–water partition coefficient (Wildman–Crippen LogP) is 2.52. The van der Waals surface area contributed by atoms with Gasteiger partial charge in [-0.15, -0.1) is 0 Å². The third-order valence-electron chi connectivity index (χ3n) is 2.67. The van der Waals surface area contributed by atoms with Gasteiger partial charge >= 0.3 is 0 Å². The van der Waals surface area contributed by atoms with Gasteiger partial charge in [0, 0.05) is 8.41 Å². The summed E-state index contributed by atoms with van der Waals surface area (Å²) in [6.45, 7) is 0. The SMILES string of the molecule is C1=C2CCCC(CC1)C2.[B]. The molecule has 2 bridgehead atoms. The Balaban J connectivity index is 0.000000500. The Morgan fingerprint density at radius 1 is 1.30 bits per heavy atom. The van der Waals surface area contributed by atoms with Gasteiger partial charge in [-0.3, -0.25) is 0 Å². The highest BCUT2D eigenvalue weighted by Gasteiger charge is 2.18. The van der Waals surface area contributed by atoms with E-state index >= 15 is 0 Å². The van der Waals surface area contributed by atoms with E-state index in [-0.39, 0.29) is 8.41 Å². The van der Waals surface area contributed by atoms with Crippen molar-refractivity contribution in [1.29, 1.82) is 0 Å². The quantitative estimate of drug-likeness (QED) is 0.351. The Kier molecular flexibility index (Phi) is 2.59. The normalized spacial score (nSPS) is 30.4. The Morgan fingerprint density at radius 2 is 2.20 bits per heavy atom. The maximum absolute atomic E-state index is 2.47. The van der Waals surface area contributed by atoms with Crippen LogP contribution in [0.1, 0.15) is 38.5 Å². The van der Waals surface area contributed by atoms with Crippen LogP contribution in [0, 0.1) is 5.92 Å². The van der Waals surface area contributed by atoms with E-state index < -0.39 is 0 Å². The van der Waals surface area contributed by atoms with E-state index in [1.165, 1.54) is 38.5 Å². The molecule has 0 aromatic heterocycles. The second kappa shape index (κ2) is 3.27. The van der Waals surface area contributed by atoms with Gasteiger partial charge in [-0.2, -0.15) is 0 Å². The summed E-state index contributed by atoms with van der Waals surface area (Å²) >= 11 is 0. The molecule has 1 saturated carbocycles. The molecule has 0 heterocycles. The van der Waals surface area contributed by atoms with Crippen molar-refractivity contribution in [1.82, 2.24) is 0 Å². The molecule has 0 nitrogen and oxygen atoms in total. The molecular formula is C9H14B. The molecule has 1 heteroatoms. The van der Waals surface area contributed by atoms with Crippen molar-refractivity contribution in [2.75, 3.05) is 0 Å². The number of hydrogen-bond donors (Lipinski definition) is 0. The first-order chi connectivity index (χ1) is 4.45. The third-order valence-corrected chi connectivity index (χ3v) is 2.67. The van der Waals surface area contributed by atoms with Crippen LogP contribution in [0.3, 0.4) is 0 Å². The van der Waals surface area contributed by atoms with E-state index in [2.05, 4.69) is 6.08 Å². The molecule has 2 aliphatic rings. The molecule has 53 valence electrons. The van der Waals surface area contributed by atoms with E-state index in [4.69, 9.17) is 0 Å². The van der Waals surface area contributed by atoms with Crippen molar-refractivity contribution < 1.29 is 0 Å². The smallest absolute Gasteiger partial charge is 0 e. The van der Waals surface area contributed by atoms with Gasteiger partial charge in [0.15, 0.2) is 0 Å². The monoisotopic (exact) mass is 133 g/mol. The number of fused-ring (bicyclic) bond motifs is 2. The average molecular weight is 133 g/mol. The molecule has 0 aromatic carbocycles. The second-order valence-corrected chi connectivity index (χ2v) is 3.40. The Morgan fingerprint density at radius 3 is 2.90 bits per heavy atom. The minimum absolute atomic E-state index is 0. The zero-order chi connectivity index (χ0) is 6.10. The van der Waals surface area contributed by atoms with Crippen LogP contribution >= 0.6 is 0 Å². The number of rotatable bonds is 0. The van der Waals surface area contributed by atoms with Crippen molar-refractivity contribution in [3.8, 4) is 0 Å². The maximum Gasteiger partial charge on any atom is 0 e. The third kappa shape index (κ3) is 1.45. The highest BCUT2D eigenvalue weighted by atomic mass is 14.2. The summed E-state index contributed by atoms with van der Waals surface area (Å²) in [5.41, 5.74) is 1.76. The molecule has 1 unspecified atom stereocenters. The van der Waals surface area contributed by atoms with E-state index in [0.29, 0.717) is 0 Å². The molecule has 0 aliphatic heterocycles. The molecule has 3 radical (unpaired) electrons. The van der Waals surface area contributed by atoms with Crippen LogP contribution in [-0.2, 0) is 0 Å². The largest absolute Gasteiger partial charge is 0.0853 e. The lowest BCUT2D eigenvalue weighted by atomic mass is 9.79. The van der Waals surface area contributed by atoms with Gasteiger partial charge in [-0.25, -0.2) is 0 Å². The fourth-order valence-electron chi connectivity index (χ4n) is 2.15. The Bertz CT molecular complexity index is 138. The minimum atomic E-state index is 0. The molecule has 0 N–H and O–H groups in total. The van der Waals surface area contributed by atoms with Crippen LogP contribution < -0.4 is 0 Å². The number of allylic oxidation sites excluding steroid dienone is 2. The van der Waals surface area contributed by atoms with Gasteiger partial charge in [0.2, 0.25) is 0 Å². The summed E-state index contributed by atoms with van der Waals surface area (Å²) in [6, 6.07) is 0. The van der Waals surface area contributed by atoms with Crippen LogP contribution in [0.25, 0.3) is 0 Å². The summed E-state index contributed by atoms with van der Waals surface area (Å²) in [7, 11) is 0. The molecule has 0 amide bonds. The van der Waals surface area contributed by atoms with Gasteiger partial charge in [-0.1, -0.05) is 11.6 Å². The summed E-state index contributed by atoms with van der Waals surface area (Å²) in [5.74, 6) is 1.08. The van der Waals surface area contributed by atoms with E-state index in [0.717, 1.165) is 5.92 Å².